The molecule has 0 aliphatic carbocycles. The summed E-state index contributed by atoms with van der Waals surface area (Å²) < 4.78 is 44.9. The van der Waals surface area contributed by atoms with Gasteiger partial charge in [-0.3, -0.25) is 9.36 Å². The van der Waals surface area contributed by atoms with Crippen LogP contribution >= 0.6 is 11.3 Å². The van der Waals surface area contributed by atoms with Crippen LogP contribution in [0.5, 0.6) is 11.6 Å². The molecule has 0 atom stereocenters. The van der Waals surface area contributed by atoms with Crippen molar-refractivity contribution in [2.75, 3.05) is 6.26 Å². The zero-order valence-electron chi connectivity index (χ0n) is 19.2. The van der Waals surface area contributed by atoms with E-state index < -0.39 is 33.1 Å². The second-order valence-electron chi connectivity index (χ2n) is 8.29. The van der Waals surface area contributed by atoms with Crippen LogP contribution in [0.1, 0.15) is 27.4 Å². The molecule has 3 aromatic heterocycles. The van der Waals surface area contributed by atoms with Crippen molar-refractivity contribution in [3.05, 3.63) is 77.0 Å². The molecule has 0 spiro atoms. The lowest BCUT2D eigenvalue weighted by Crippen LogP contribution is -2.05. The number of aryl methyl sites for hydroxylation is 2. The van der Waals surface area contributed by atoms with E-state index in [-0.39, 0.29) is 26.8 Å². The fourth-order valence-electron chi connectivity index (χ4n) is 4.04. The summed E-state index contributed by atoms with van der Waals surface area (Å²) in [5.41, 5.74) is 0.874. The van der Waals surface area contributed by atoms with E-state index in [9.17, 15) is 27.8 Å². The summed E-state index contributed by atoms with van der Waals surface area (Å²) in [6, 6.07) is 11.2. The summed E-state index contributed by atoms with van der Waals surface area (Å²) in [6.45, 7) is 3.29. The fraction of sp³-hybridized carbons (Fsp3) is 0.120. The number of sulfone groups is 1. The van der Waals surface area contributed by atoms with Crippen LogP contribution in [0.3, 0.4) is 0 Å². The Morgan fingerprint density at radius 2 is 1.78 bits per heavy atom. The van der Waals surface area contributed by atoms with Crippen molar-refractivity contribution in [3.63, 3.8) is 0 Å². The molecular weight excluding hydrogens is 507 g/mol. The van der Waals surface area contributed by atoms with E-state index in [0.717, 1.165) is 17.6 Å². The Morgan fingerprint density at radius 1 is 1.08 bits per heavy atom. The number of benzene rings is 2. The second-order valence-corrected chi connectivity index (χ2v) is 11.3. The minimum absolute atomic E-state index is 0.0932. The molecule has 0 saturated heterocycles. The van der Waals surface area contributed by atoms with Gasteiger partial charge in [0.2, 0.25) is 11.7 Å². The van der Waals surface area contributed by atoms with Crippen molar-refractivity contribution in [2.24, 2.45) is 0 Å². The number of carbonyl (C=O) groups is 1. The summed E-state index contributed by atoms with van der Waals surface area (Å²) in [7, 11) is -3.47. The van der Waals surface area contributed by atoms with E-state index >= 15 is 0 Å². The van der Waals surface area contributed by atoms with Crippen LogP contribution in [0.4, 0.5) is 4.39 Å². The Hall–Kier alpha value is -3.96. The Kier molecular flexibility index (Phi) is 5.49. The van der Waals surface area contributed by atoms with Crippen LogP contribution in [-0.2, 0) is 9.84 Å². The number of halogens is 1. The van der Waals surface area contributed by atoms with E-state index in [1.54, 1.807) is 13.8 Å². The quantitative estimate of drug-likeness (QED) is 0.304. The number of aromatic nitrogens is 2. The Labute approximate surface area is 208 Å². The number of hydrogen-bond donors (Lipinski definition) is 2. The lowest BCUT2D eigenvalue weighted by molar-refractivity contribution is 0.103. The maximum Gasteiger partial charge on any atom is 0.242 e. The molecule has 3 heterocycles. The van der Waals surface area contributed by atoms with Crippen molar-refractivity contribution < 1.29 is 32.2 Å². The molecule has 36 heavy (non-hydrogen) atoms. The predicted octanol–water partition coefficient (Wildman–Crippen LogP) is 5.15. The first-order valence-corrected chi connectivity index (χ1v) is 13.3. The van der Waals surface area contributed by atoms with Crippen molar-refractivity contribution in [2.45, 2.75) is 18.7 Å². The highest BCUT2D eigenvalue weighted by Crippen LogP contribution is 2.45. The number of hydrogen-bond acceptors (Lipinski definition) is 8. The van der Waals surface area contributed by atoms with Gasteiger partial charge in [-0.25, -0.2) is 17.8 Å². The van der Waals surface area contributed by atoms with Gasteiger partial charge in [0.1, 0.15) is 17.3 Å². The molecule has 2 aromatic carbocycles. The maximum atomic E-state index is 13.7. The smallest absolute Gasteiger partial charge is 0.242 e. The van der Waals surface area contributed by atoms with Crippen LogP contribution in [0.15, 0.2) is 57.8 Å². The van der Waals surface area contributed by atoms with Gasteiger partial charge in [0.05, 0.1) is 31.9 Å². The third kappa shape index (κ3) is 3.86. The molecule has 2 N–H and O–H groups in total. The predicted molar refractivity (Wildman–Crippen MR) is 132 cm³/mol. The molecule has 11 heteroatoms. The number of fused-ring (bicyclic) bond motifs is 1. The molecule has 5 aromatic rings. The third-order valence-electron chi connectivity index (χ3n) is 5.72. The molecule has 0 unspecified atom stereocenters. The average Bonchev–Trinajstić information content (AvgIpc) is 3.46. The first-order chi connectivity index (χ1) is 17.0. The van der Waals surface area contributed by atoms with Gasteiger partial charge in [-0.05, 0) is 67.9 Å². The topological polar surface area (TPSA) is 123 Å². The minimum Gasteiger partial charge on any atom is -0.503 e. The van der Waals surface area contributed by atoms with Gasteiger partial charge >= 0.3 is 0 Å². The molecular formula is C25H19FN2O6S2. The van der Waals surface area contributed by atoms with Crippen molar-refractivity contribution >= 4 is 37.2 Å². The SMILES string of the molecule is Cc1cc(C(=O)c2c(O)c(O)n(-c3nc4ccc(S(C)(=O)=O)cc4s3)c2-c2ccc(F)cc2)c(C)o1. The molecule has 0 saturated carbocycles. The van der Waals surface area contributed by atoms with Gasteiger partial charge in [0.25, 0.3) is 0 Å². The molecule has 5 rings (SSSR count). The number of aromatic hydroxyl groups is 2. The Morgan fingerprint density at radius 3 is 2.39 bits per heavy atom. The molecule has 184 valence electrons. The standard InChI is InChI=1S/C25H19FN2O6S2/c1-12-10-17(13(2)34-12)22(29)20-21(14-4-6-15(26)7-5-14)28(24(31)23(20)30)25-27-18-9-8-16(36(3,32)33)11-19(18)35-25/h4-11,30-31H,1-3H3. The van der Waals surface area contributed by atoms with Gasteiger partial charge in [-0.15, -0.1) is 0 Å². The van der Waals surface area contributed by atoms with Gasteiger partial charge in [-0.1, -0.05) is 11.3 Å². The summed E-state index contributed by atoms with van der Waals surface area (Å²) in [6.07, 6.45) is 1.09. The molecule has 0 fully saturated rings. The Bertz CT molecular complexity index is 1780. The van der Waals surface area contributed by atoms with Crippen LogP contribution < -0.4 is 0 Å². The lowest BCUT2D eigenvalue weighted by Gasteiger charge is -2.09. The van der Waals surface area contributed by atoms with Gasteiger partial charge < -0.3 is 14.6 Å². The normalized spacial score (nSPS) is 11.9. The first-order valence-electron chi connectivity index (χ1n) is 10.6. The molecule has 0 aliphatic heterocycles. The third-order valence-corrected chi connectivity index (χ3v) is 7.83. The number of nitrogens with zero attached hydrogens (tertiary/aromatic N) is 2. The fourth-order valence-corrected chi connectivity index (χ4v) is 5.78. The van der Waals surface area contributed by atoms with Gasteiger partial charge in [0, 0.05) is 6.26 Å². The highest BCUT2D eigenvalue weighted by atomic mass is 32.2. The number of ketones is 1. The summed E-state index contributed by atoms with van der Waals surface area (Å²) in [5.74, 6) is -1.59. The molecule has 0 radical (unpaired) electrons. The van der Waals surface area contributed by atoms with Crippen molar-refractivity contribution in [1.82, 2.24) is 9.55 Å². The Balaban J connectivity index is 1.80. The minimum atomic E-state index is -3.47. The molecule has 0 aliphatic rings. The average molecular weight is 527 g/mol. The summed E-state index contributed by atoms with van der Waals surface area (Å²) in [4.78, 5) is 18.2. The van der Waals surface area contributed by atoms with E-state index in [1.165, 1.54) is 53.1 Å². The van der Waals surface area contributed by atoms with E-state index in [1.807, 2.05) is 0 Å². The van der Waals surface area contributed by atoms with E-state index in [2.05, 4.69) is 4.98 Å². The zero-order chi connectivity index (χ0) is 25.9. The molecule has 0 amide bonds. The molecule has 8 nitrogen and oxygen atoms in total. The molecule has 0 bridgehead atoms. The monoisotopic (exact) mass is 526 g/mol. The number of furan rings is 1. The highest BCUT2D eigenvalue weighted by molar-refractivity contribution is 7.90. The largest absolute Gasteiger partial charge is 0.503 e. The lowest BCUT2D eigenvalue weighted by atomic mass is 9.99. The maximum absolute atomic E-state index is 13.7. The summed E-state index contributed by atoms with van der Waals surface area (Å²) in [5, 5.41) is 22.1. The van der Waals surface area contributed by atoms with Crippen molar-refractivity contribution in [1.29, 1.82) is 0 Å². The van der Waals surface area contributed by atoms with E-state index in [4.69, 9.17) is 4.42 Å². The van der Waals surface area contributed by atoms with Gasteiger partial charge in [0.15, 0.2) is 20.7 Å². The number of thiazole rings is 1. The highest BCUT2D eigenvalue weighted by Gasteiger charge is 2.32. The van der Waals surface area contributed by atoms with Crippen LogP contribution in [0.2, 0.25) is 0 Å². The number of rotatable bonds is 5. The second kappa shape index (κ2) is 8.32. The van der Waals surface area contributed by atoms with Crippen molar-refractivity contribution in [3.8, 4) is 28.0 Å². The van der Waals surface area contributed by atoms with Crippen LogP contribution in [0, 0.1) is 19.7 Å². The van der Waals surface area contributed by atoms with E-state index in [0.29, 0.717) is 27.3 Å². The van der Waals surface area contributed by atoms with Crippen LogP contribution in [-0.4, -0.2) is 40.2 Å². The first kappa shape index (κ1) is 23.8. The number of carbonyl (C=O) groups excluding carboxylic acids is 1. The zero-order valence-corrected chi connectivity index (χ0v) is 20.9. The summed E-state index contributed by atoms with van der Waals surface area (Å²) >= 11 is 1.06. The van der Waals surface area contributed by atoms with Gasteiger partial charge in [-0.2, -0.15) is 0 Å². The van der Waals surface area contributed by atoms with Crippen LogP contribution in [0.25, 0.3) is 26.6 Å².